The van der Waals surface area contributed by atoms with Gasteiger partial charge in [-0.2, -0.15) is 26.3 Å². The van der Waals surface area contributed by atoms with Crippen LogP contribution in [-0.2, 0) is 49.0 Å². The number of ketones is 1. The van der Waals surface area contributed by atoms with Crippen molar-refractivity contribution >= 4 is 101 Å². The number of carbonyl (C=O) groups excluding carboxylic acids is 2. The predicted octanol–water partition coefficient (Wildman–Crippen LogP) is 8.56. The molecule has 6 aromatic rings. The van der Waals surface area contributed by atoms with Gasteiger partial charge in [-0.1, -0.05) is 46.4 Å². The number of aromatic nitrogens is 5. The SMILES string of the molecule is COCN(c1cc(Cl)cnc1C(=O)N(C)OC)S(=O)(=O)c1ccc(Cl)c(C(F)(F)F)c1.Cn1ccc2c(C(=O)c3ncc(Cl)cc3NS(=O)(=O)c3ccc(Cl)c(C(F)(F)F)c3)ncnc21. The third kappa shape index (κ3) is 11.2. The number of aryl methyl sites for hydroxylation is 1. The number of rotatable bonds is 12. The molecule has 0 bridgehead atoms. The number of ether oxygens (including phenoxy) is 1. The molecule has 28 heteroatoms. The van der Waals surface area contributed by atoms with E-state index in [-0.39, 0.29) is 38.5 Å². The van der Waals surface area contributed by atoms with Gasteiger partial charge in [0.2, 0.25) is 5.78 Å². The van der Waals surface area contributed by atoms with Crippen LogP contribution < -0.4 is 9.03 Å². The van der Waals surface area contributed by atoms with Gasteiger partial charge in [0, 0.05) is 45.2 Å². The average Bonchev–Trinajstić information content (AvgIpc) is 3.61. The van der Waals surface area contributed by atoms with Crippen LogP contribution in [0.15, 0.2) is 89.3 Å². The minimum atomic E-state index is -4.89. The molecule has 0 aliphatic heterocycles. The van der Waals surface area contributed by atoms with Crippen LogP contribution in [0.2, 0.25) is 20.1 Å². The number of benzene rings is 2. The molecule has 0 unspecified atom stereocenters. The highest BCUT2D eigenvalue weighted by Crippen LogP contribution is 2.39. The summed E-state index contributed by atoms with van der Waals surface area (Å²) in [7, 11) is -3.96. The standard InChI is InChI=1S/C20H12Cl2F3N5O3S.C17H16Cl2F3N3O5S/c1-30-5-4-12-16(27-9-28-19(12)30)18(31)17-15(6-10(21)8-26-17)29-34(32,33)11-2-3-14(22)13(7-11)20(23,24)25;1-24(30-3)16(26)15-14(6-10(18)8-23-15)25(9-29-2)31(27,28)11-4-5-13(19)12(7-11)17(20,21)22/h2-9,29H,1H3;4-8H,9H2,1-3H3. The Kier molecular flexibility index (Phi) is 15.3. The van der Waals surface area contributed by atoms with Gasteiger partial charge >= 0.3 is 12.4 Å². The summed E-state index contributed by atoms with van der Waals surface area (Å²) < 4.78 is 141. The summed E-state index contributed by atoms with van der Waals surface area (Å²) in [4.78, 5) is 45.1. The van der Waals surface area contributed by atoms with Gasteiger partial charge in [-0.3, -0.25) is 19.1 Å². The first-order valence-electron chi connectivity index (χ1n) is 17.4. The first kappa shape index (κ1) is 50.7. The number of hydroxylamine groups is 2. The zero-order chi connectivity index (χ0) is 48.4. The van der Waals surface area contributed by atoms with Crippen molar-refractivity contribution in [3.63, 3.8) is 0 Å². The molecule has 4 heterocycles. The summed E-state index contributed by atoms with van der Waals surface area (Å²) in [6.45, 7) is -0.661. The number of sulfonamides is 2. The fourth-order valence-electron chi connectivity index (χ4n) is 5.57. The summed E-state index contributed by atoms with van der Waals surface area (Å²) in [6, 6.07) is 8.04. The molecular weight excluding hydrogens is 1000 g/mol. The van der Waals surface area contributed by atoms with Crippen LogP contribution in [0.4, 0.5) is 37.7 Å². The Labute approximate surface area is 384 Å². The first-order valence-corrected chi connectivity index (χ1v) is 21.9. The van der Waals surface area contributed by atoms with E-state index in [4.69, 9.17) is 56.0 Å². The minimum absolute atomic E-state index is 0.0196. The molecule has 0 atom stereocenters. The number of nitrogens with one attached hydrogen (secondary N) is 1. The number of alkyl halides is 6. The van der Waals surface area contributed by atoms with E-state index in [0.717, 1.165) is 61.0 Å². The van der Waals surface area contributed by atoms with Crippen LogP contribution >= 0.6 is 46.4 Å². The Balaban J connectivity index is 0.000000245. The van der Waals surface area contributed by atoms with Gasteiger partial charge in [-0.15, -0.1) is 0 Å². The van der Waals surface area contributed by atoms with Gasteiger partial charge in [0.1, 0.15) is 30.1 Å². The zero-order valence-electron chi connectivity index (χ0n) is 33.2. The summed E-state index contributed by atoms with van der Waals surface area (Å²) in [6.07, 6.45) is -4.72. The monoisotopic (exact) mass is 1030 g/mol. The lowest BCUT2D eigenvalue weighted by atomic mass is 10.1. The van der Waals surface area contributed by atoms with Crippen molar-refractivity contribution in [2.45, 2.75) is 22.1 Å². The summed E-state index contributed by atoms with van der Waals surface area (Å²) >= 11 is 23.0. The van der Waals surface area contributed by atoms with Crippen molar-refractivity contribution in [2.75, 3.05) is 37.0 Å². The second-order valence-electron chi connectivity index (χ2n) is 12.9. The van der Waals surface area contributed by atoms with Crippen LogP contribution in [0, 0.1) is 0 Å². The van der Waals surface area contributed by atoms with E-state index in [1.54, 1.807) is 23.9 Å². The lowest BCUT2D eigenvalue weighted by molar-refractivity contribution is -0.138. The highest BCUT2D eigenvalue weighted by Gasteiger charge is 2.38. The van der Waals surface area contributed by atoms with Gasteiger partial charge in [-0.05, 0) is 54.6 Å². The molecule has 0 saturated heterocycles. The van der Waals surface area contributed by atoms with Gasteiger partial charge in [-0.25, -0.2) is 46.1 Å². The second-order valence-corrected chi connectivity index (χ2v) is 18.2. The minimum Gasteiger partial charge on any atom is -0.363 e. The van der Waals surface area contributed by atoms with Crippen LogP contribution in [0.25, 0.3) is 11.0 Å². The average molecular weight is 1030 g/mol. The number of nitrogens with zero attached hydrogens (tertiary/aromatic N) is 7. The van der Waals surface area contributed by atoms with Gasteiger partial charge in [0.25, 0.3) is 26.0 Å². The Morgan fingerprint density at radius 2 is 1.31 bits per heavy atom. The molecule has 1 amide bonds. The highest BCUT2D eigenvalue weighted by atomic mass is 35.5. The number of halogens is 10. The smallest absolute Gasteiger partial charge is 0.363 e. The van der Waals surface area contributed by atoms with Crippen molar-refractivity contribution in [3.05, 3.63) is 128 Å². The van der Waals surface area contributed by atoms with Crippen LogP contribution in [0.3, 0.4) is 0 Å². The molecule has 0 saturated carbocycles. The third-order valence-corrected chi connectivity index (χ3v) is 12.9. The van der Waals surface area contributed by atoms with Crippen molar-refractivity contribution in [1.82, 2.24) is 29.6 Å². The lowest BCUT2D eigenvalue weighted by Crippen LogP contribution is -2.36. The molecule has 16 nitrogen and oxygen atoms in total. The van der Waals surface area contributed by atoms with E-state index in [0.29, 0.717) is 27.5 Å². The number of hydrogen-bond acceptors (Lipinski definition) is 12. The molecule has 0 aliphatic rings. The quantitative estimate of drug-likeness (QED) is 0.0532. The summed E-state index contributed by atoms with van der Waals surface area (Å²) in [5.41, 5.74) is -3.68. The van der Waals surface area contributed by atoms with E-state index in [2.05, 4.69) is 24.7 Å². The molecule has 2 aromatic carbocycles. The van der Waals surface area contributed by atoms with Crippen LogP contribution in [-0.4, -0.2) is 86.1 Å². The maximum atomic E-state index is 13.2. The van der Waals surface area contributed by atoms with E-state index in [1.807, 2.05) is 0 Å². The molecule has 0 fully saturated rings. The largest absolute Gasteiger partial charge is 0.417 e. The number of amides is 1. The highest BCUT2D eigenvalue weighted by molar-refractivity contribution is 7.93. The Morgan fingerprint density at radius 1 is 0.754 bits per heavy atom. The van der Waals surface area contributed by atoms with Crippen molar-refractivity contribution < 1.29 is 62.3 Å². The van der Waals surface area contributed by atoms with Gasteiger partial charge in [0.05, 0.1) is 59.5 Å². The van der Waals surface area contributed by atoms with E-state index < -0.39 is 81.8 Å². The predicted molar refractivity (Wildman–Crippen MR) is 225 cm³/mol. The van der Waals surface area contributed by atoms with Crippen molar-refractivity contribution in [2.24, 2.45) is 7.05 Å². The summed E-state index contributed by atoms with van der Waals surface area (Å²) in [5.74, 6) is -1.59. The Hall–Kier alpha value is -5.34. The lowest BCUT2D eigenvalue weighted by Gasteiger charge is -2.26. The number of methoxy groups -OCH3 is 1. The molecule has 0 spiro atoms. The third-order valence-electron chi connectivity index (χ3n) is 8.69. The molecular formula is C37H28Cl4F6N8O8S2. The van der Waals surface area contributed by atoms with Crippen molar-refractivity contribution in [3.8, 4) is 0 Å². The number of anilines is 2. The Bertz CT molecular complexity index is 3040. The maximum absolute atomic E-state index is 13.2. The molecule has 346 valence electrons. The van der Waals surface area contributed by atoms with Crippen LogP contribution in [0.5, 0.6) is 0 Å². The molecule has 4 aromatic heterocycles. The summed E-state index contributed by atoms with van der Waals surface area (Å²) in [5, 5.41) is -0.215. The molecule has 1 N–H and O–H groups in total. The molecule has 65 heavy (non-hydrogen) atoms. The number of fused-ring (bicyclic) bond motifs is 1. The van der Waals surface area contributed by atoms with E-state index in [9.17, 15) is 52.8 Å². The molecule has 0 radical (unpaired) electrons. The number of carbonyl (C=O) groups is 2. The molecule has 6 rings (SSSR count). The topological polar surface area (TPSA) is 196 Å². The van der Waals surface area contributed by atoms with E-state index in [1.165, 1.54) is 20.5 Å². The van der Waals surface area contributed by atoms with Crippen molar-refractivity contribution in [1.29, 1.82) is 0 Å². The van der Waals surface area contributed by atoms with E-state index >= 15 is 0 Å². The van der Waals surface area contributed by atoms with Gasteiger partial charge < -0.3 is 9.30 Å². The maximum Gasteiger partial charge on any atom is 0.417 e. The molecule has 0 aliphatic carbocycles. The first-order chi connectivity index (χ1) is 30.2. The fourth-order valence-corrected chi connectivity index (χ4v) is 8.82. The van der Waals surface area contributed by atoms with Gasteiger partial charge in [0.15, 0.2) is 5.69 Å². The Morgan fingerprint density at radius 3 is 1.88 bits per heavy atom. The number of pyridine rings is 2. The second kappa shape index (κ2) is 19.6. The zero-order valence-corrected chi connectivity index (χ0v) is 37.9. The number of hydrogen-bond donors (Lipinski definition) is 1. The fraction of sp³-hybridized carbons (Fsp3) is 0.189. The normalized spacial score (nSPS) is 12.1. The van der Waals surface area contributed by atoms with Crippen LogP contribution in [0.1, 0.15) is 37.8 Å².